The molecule has 0 radical (unpaired) electrons. The Morgan fingerprint density at radius 3 is 2.69 bits per heavy atom. The van der Waals surface area contributed by atoms with E-state index in [1.54, 1.807) is 0 Å². The molecule has 0 aliphatic heterocycles. The molecule has 0 bridgehead atoms. The molecule has 2 aromatic carbocycles. The minimum atomic E-state index is -1.44. The van der Waals surface area contributed by atoms with Crippen LogP contribution in [0.3, 0.4) is 0 Å². The number of hydrogen-bond donors (Lipinski definition) is 4. The number of phenolic OH excluding ortho intramolecular Hbond substituents is 1. The Morgan fingerprint density at radius 2 is 2.04 bits per heavy atom. The van der Waals surface area contributed by atoms with E-state index in [1.165, 1.54) is 37.4 Å². The first kappa shape index (κ1) is 17.2. The van der Waals surface area contributed by atoms with Crippen molar-refractivity contribution in [3.05, 3.63) is 53.5 Å². The van der Waals surface area contributed by atoms with E-state index in [9.17, 15) is 24.2 Å². The molecule has 0 spiro atoms. The van der Waals surface area contributed by atoms with Crippen molar-refractivity contribution in [3.8, 4) is 11.5 Å². The first-order valence-corrected chi connectivity index (χ1v) is 7.45. The second kappa shape index (κ2) is 6.71. The van der Waals surface area contributed by atoms with Crippen molar-refractivity contribution in [1.29, 1.82) is 0 Å². The maximum absolute atomic E-state index is 13.4. The van der Waals surface area contributed by atoms with Gasteiger partial charge in [0.1, 0.15) is 5.82 Å². The molecule has 0 aliphatic carbocycles. The normalized spacial score (nSPS) is 11.9. The zero-order chi connectivity index (χ0) is 18.8. The number of nitrogens with zero attached hydrogens (tertiary/aromatic N) is 1. The molecule has 3 rings (SSSR count). The lowest BCUT2D eigenvalue weighted by atomic mass is 10.1. The highest BCUT2D eigenvalue weighted by molar-refractivity contribution is 6.05. The van der Waals surface area contributed by atoms with Crippen LogP contribution in [0.5, 0.6) is 11.5 Å². The Labute approximate surface area is 146 Å². The number of aliphatic carboxylic acids is 1. The topological polar surface area (TPSA) is 125 Å². The van der Waals surface area contributed by atoms with Crippen LogP contribution in [0.2, 0.25) is 0 Å². The molecular weight excluding hydrogens is 345 g/mol. The predicted molar refractivity (Wildman–Crippen MR) is 88.6 cm³/mol. The highest BCUT2D eigenvalue weighted by Gasteiger charge is 2.26. The third-order valence-corrected chi connectivity index (χ3v) is 3.80. The number of fused-ring (bicyclic) bond motifs is 1. The number of carbonyl (C=O) groups is 2. The minimum absolute atomic E-state index is 0.134. The lowest BCUT2D eigenvalue weighted by Crippen LogP contribution is -2.34. The third kappa shape index (κ3) is 3.14. The fraction of sp³-hybridized carbons (Fsp3) is 0.118. The summed E-state index contributed by atoms with van der Waals surface area (Å²) in [5.74, 6) is -2.79. The summed E-state index contributed by atoms with van der Waals surface area (Å²) in [6.45, 7) is 0. The molecular formula is C17H14FN3O5. The summed E-state index contributed by atoms with van der Waals surface area (Å²) in [6.07, 6.45) is 0. The van der Waals surface area contributed by atoms with Gasteiger partial charge in [-0.3, -0.25) is 9.89 Å². The van der Waals surface area contributed by atoms with Crippen LogP contribution >= 0.6 is 0 Å². The standard InChI is InChI=1S/C17H14FN3O5/c1-26-13-5-2-8(6-12(13)22)14(17(24)25)19-16(23)15-10-7-9(18)3-4-11(10)20-21-15/h2-7,14,22H,1H3,(H,19,23)(H,20,21)(H,24,25). The Hall–Kier alpha value is -3.62. The Kier molecular flexibility index (Phi) is 4.44. The second-order valence-electron chi connectivity index (χ2n) is 5.44. The molecule has 0 aliphatic rings. The Balaban J connectivity index is 1.92. The minimum Gasteiger partial charge on any atom is -0.504 e. The van der Waals surface area contributed by atoms with Crippen LogP contribution in [-0.4, -0.2) is 39.4 Å². The van der Waals surface area contributed by atoms with Crippen molar-refractivity contribution < 1.29 is 28.9 Å². The van der Waals surface area contributed by atoms with Gasteiger partial charge >= 0.3 is 5.97 Å². The van der Waals surface area contributed by atoms with Crippen LogP contribution in [0.25, 0.3) is 10.9 Å². The van der Waals surface area contributed by atoms with Gasteiger partial charge in [0.15, 0.2) is 23.2 Å². The molecule has 8 nitrogen and oxygen atoms in total. The number of H-pyrrole nitrogens is 1. The van der Waals surface area contributed by atoms with Crippen molar-refractivity contribution in [3.63, 3.8) is 0 Å². The molecule has 3 aromatic rings. The molecule has 26 heavy (non-hydrogen) atoms. The van der Waals surface area contributed by atoms with Gasteiger partial charge in [-0.15, -0.1) is 0 Å². The van der Waals surface area contributed by atoms with Crippen molar-refractivity contribution in [2.24, 2.45) is 0 Å². The number of amides is 1. The van der Waals surface area contributed by atoms with Gasteiger partial charge in [0.05, 0.1) is 12.6 Å². The van der Waals surface area contributed by atoms with Gasteiger partial charge < -0.3 is 20.3 Å². The van der Waals surface area contributed by atoms with E-state index in [-0.39, 0.29) is 28.1 Å². The number of carbonyl (C=O) groups excluding carboxylic acids is 1. The molecule has 134 valence electrons. The van der Waals surface area contributed by atoms with Crippen molar-refractivity contribution in [2.75, 3.05) is 7.11 Å². The number of halogens is 1. The smallest absolute Gasteiger partial charge is 0.330 e. The number of nitrogens with one attached hydrogen (secondary N) is 2. The van der Waals surface area contributed by atoms with Crippen LogP contribution in [0.4, 0.5) is 4.39 Å². The van der Waals surface area contributed by atoms with E-state index in [0.717, 1.165) is 6.07 Å². The third-order valence-electron chi connectivity index (χ3n) is 3.80. The summed E-state index contributed by atoms with van der Waals surface area (Å²) < 4.78 is 18.3. The van der Waals surface area contributed by atoms with Crippen LogP contribution in [0, 0.1) is 5.82 Å². The molecule has 9 heteroatoms. The van der Waals surface area contributed by atoms with E-state index in [4.69, 9.17) is 4.74 Å². The van der Waals surface area contributed by atoms with Gasteiger partial charge in [-0.25, -0.2) is 9.18 Å². The molecule has 4 N–H and O–H groups in total. The number of ether oxygens (including phenoxy) is 1. The van der Waals surface area contributed by atoms with Crippen LogP contribution in [0.1, 0.15) is 22.1 Å². The summed E-state index contributed by atoms with van der Waals surface area (Å²) in [6, 6.07) is 6.28. The average Bonchev–Trinajstić information content (AvgIpc) is 3.02. The molecule has 0 saturated heterocycles. The monoisotopic (exact) mass is 359 g/mol. The number of carboxylic acids is 1. The van der Waals surface area contributed by atoms with Gasteiger partial charge in [-0.1, -0.05) is 6.07 Å². The largest absolute Gasteiger partial charge is 0.504 e. The molecule has 1 atom stereocenters. The first-order chi connectivity index (χ1) is 12.4. The second-order valence-corrected chi connectivity index (χ2v) is 5.44. The summed E-state index contributed by atoms with van der Waals surface area (Å²) in [4.78, 5) is 24.0. The van der Waals surface area contributed by atoms with E-state index in [1.807, 2.05) is 0 Å². The lowest BCUT2D eigenvalue weighted by Gasteiger charge is -2.15. The molecule has 1 heterocycles. The number of carboxylic acid groups (broad SMARTS) is 1. The van der Waals surface area contributed by atoms with E-state index in [0.29, 0.717) is 5.52 Å². The van der Waals surface area contributed by atoms with Crippen molar-refractivity contribution >= 4 is 22.8 Å². The van der Waals surface area contributed by atoms with Crippen LogP contribution in [0.15, 0.2) is 36.4 Å². The van der Waals surface area contributed by atoms with E-state index in [2.05, 4.69) is 15.5 Å². The summed E-state index contributed by atoms with van der Waals surface area (Å²) in [7, 11) is 1.35. The highest BCUT2D eigenvalue weighted by atomic mass is 19.1. The molecule has 1 aromatic heterocycles. The lowest BCUT2D eigenvalue weighted by molar-refractivity contribution is -0.139. The number of methoxy groups -OCH3 is 1. The highest BCUT2D eigenvalue weighted by Crippen LogP contribution is 2.29. The van der Waals surface area contributed by atoms with Gasteiger partial charge in [0, 0.05) is 5.39 Å². The molecule has 0 saturated carbocycles. The maximum Gasteiger partial charge on any atom is 0.330 e. The van der Waals surface area contributed by atoms with Crippen LogP contribution in [-0.2, 0) is 4.79 Å². The van der Waals surface area contributed by atoms with Gasteiger partial charge in [0.25, 0.3) is 5.91 Å². The SMILES string of the molecule is COc1ccc(C(NC(=O)c2n[nH]c3ccc(F)cc23)C(=O)O)cc1O. The number of benzene rings is 2. The molecule has 1 unspecified atom stereocenters. The fourth-order valence-electron chi connectivity index (χ4n) is 2.53. The predicted octanol–water partition coefficient (Wildman–Crippen LogP) is 1.97. The first-order valence-electron chi connectivity index (χ1n) is 7.45. The van der Waals surface area contributed by atoms with E-state index >= 15 is 0 Å². The molecule has 1 amide bonds. The van der Waals surface area contributed by atoms with Crippen molar-refractivity contribution in [1.82, 2.24) is 15.5 Å². The number of rotatable bonds is 5. The Morgan fingerprint density at radius 1 is 1.27 bits per heavy atom. The molecule has 0 fully saturated rings. The van der Waals surface area contributed by atoms with Crippen LogP contribution < -0.4 is 10.1 Å². The summed E-state index contributed by atoms with van der Waals surface area (Å²) in [5, 5.41) is 28.2. The number of phenols is 1. The van der Waals surface area contributed by atoms with Gasteiger partial charge in [-0.05, 0) is 35.9 Å². The maximum atomic E-state index is 13.4. The number of aromatic amines is 1. The van der Waals surface area contributed by atoms with Crippen molar-refractivity contribution in [2.45, 2.75) is 6.04 Å². The van der Waals surface area contributed by atoms with Gasteiger partial charge in [0.2, 0.25) is 0 Å². The number of hydrogen-bond acceptors (Lipinski definition) is 5. The zero-order valence-electron chi connectivity index (χ0n) is 13.5. The number of aromatic nitrogens is 2. The summed E-state index contributed by atoms with van der Waals surface area (Å²) in [5.41, 5.74) is 0.434. The quantitative estimate of drug-likeness (QED) is 0.552. The van der Waals surface area contributed by atoms with E-state index < -0.39 is 23.7 Å². The fourth-order valence-corrected chi connectivity index (χ4v) is 2.53. The zero-order valence-corrected chi connectivity index (χ0v) is 13.5. The average molecular weight is 359 g/mol. The number of aromatic hydroxyl groups is 1. The Bertz CT molecular complexity index is 1000. The summed E-state index contributed by atoms with van der Waals surface area (Å²) >= 11 is 0. The van der Waals surface area contributed by atoms with Gasteiger partial charge in [-0.2, -0.15) is 5.10 Å².